The SMILES string of the molecule is Cc1cn([C@H]2[CH-][C@H](OP(=O)(O)O)[C@@H]([CH+]OP(=O)(O)O)O2)c(=O)[nH]c1=O. The van der Waals surface area contributed by atoms with Gasteiger partial charge in [0.2, 0.25) is 6.10 Å². The van der Waals surface area contributed by atoms with Crippen LogP contribution < -0.4 is 11.2 Å². The lowest BCUT2D eigenvalue weighted by Crippen LogP contribution is -2.33. The molecule has 25 heavy (non-hydrogen) atoms. The predicted molar refractivity (Wildman–Crippen MR) is 78.6 cm³/mol. The highest BCUT2D eigenvalue weighted by molar-refractivity contribution is 7.46. The number of aryl methyl sites for hydroxylation is 1. The normalized spacial score (nSPS) is 24.4. The van der Waals surface area contributed by atoms with Crippen molar-refractivity contribution < 1.29 is 42.5 Å². The number of rotatable bonds is 6. The highest BCUT2D eigenvalue weighted by Crippen LogP contribution is 2.45. The molecule has 0 bridgehead atoms. The molecular weight excluding hydrogens is 386 g/mol. The van der Waals surface area contributed by atoms with Crippen LogP contribution in [-0.4, -0.2) is 41.3 Å². The predicted octanol–water partition coefficient (Wildman–Crippen LogP) is -1.30. The largest absolute Gasteiger partial charge is 0.509 e. The summed E-state index contributed by atoms with van der Waals surface area (Å²) in [7, 11) is -9.92. The number of nitrogens with one attached hydrogen (secondary N) is 1. The Morgan fingerprint density at radius 1 is 1.28 bits per heavy atom. The van der Waals surface area contributed by atoms with Crippen LogP contribution in [-0.2, 0) is 22.9 Å². The van der Waals surface area contributed by atoms with Gasteiger partial charge in [-0.25, -0.2) is 20.3 Å². The summed E-state index contributed by atoms with van der Waals surface area (Å²) in [6.07, 6.45) is -1.99. The summed E-state index contributed by atoms with van der Waals surface area (Å²) < 4.78 is 36.5. The van der Waals surface area contributed by atoms with E-state index in [1.165, 1.54) is 6.92 Å². The topological polar surface area (TPSA) is 198 Å². The summed E-state index contributed by atoms with van der Waals surface area (Å²) in [6, 6.07) is 0. The van der Waals surface area contributed by atoms with Crippen LogP contribution in [0.25, 0.3) is 0 Å². The minimum absolute atomic E-state index is 0.156. The Morgan fingerprint density at radius 3 is 2.48 bits per heavy atom. The van der Waals surface area contributed by atoms with Crippen molar-refractivity contribution in [2.45, 2.75) is 25.4 Å². The maximum Gasteiger partial charge on any atom is 0.509 e. The molecule has 0 spiro atoms. The van der Waals surface area contributed by atoms with Crippen molar-refractivity contribution in [2.75, 3.05) is 0 Å². The number of nitrogens with zero attached hydrogens (tertiary/aromatic N) is 1. The molecule has 2 heterocycles. The van der Waals surface area contributed by atoms with Gasteiger partial charge in [0, 0.05) is 24.1 Å². The van der Waals surface area contributed by atoms with E-state index in [-0.39, 0.29) is 5.56 Å². The molecule has 3 atom stereocenters. The van der Waals surface area contributed by atoms with Crippen molar-refractivity contribution in [3.8, 4) is 0 Å². The summed E-state index contributed by atoms with van der Waals surface area (Å²) in [4.78, 5) is 60.4. The molecule has 5 N–H and O–H groups in total. The van der Waals surface area contributed by atoms with Crippen LogP contribution in [0.3, 0.4) is 0 Å². The second-order valence-corrected chi connectivity index (χ2v) is 7.34. The fourth-order valence-corrected chi connectivity index (χ4v) is 2.78. The molecule has 0 aromatic carbocycles. The van der Waals surface area contributed by atoms with Crippen molar-refractivity contribution in [3.63, 3.8) is 0 Å². The number of aromatic amines is 1. The lowest BCUT2D eigenvalue weighted by Gasteiger charge is -2.21. The fraction of sp³-hybridized carbons (Fsp3) is 0.400. The van der Waals surface area contributed by atoms with Crippen LogP contribution >= 0.6 is 15.6 Å². The van der Waals surface area contributed by atoms with Crippen molar-refractivity contribution in [2.24, 2.45) is 0 Å². The van der Waals surface area contributed by atoms with Gasteiger partial charge in [0.25, 0.3) is 12.2 Å². The Kier molecular flexibility index (Phi) is 5.74. The molecule has 1 aliphatic rings. The zero-order valence-corrected chi connectivity index (χ0v) is 14.2. The van der Waals surface area contributed by atoms with Crippen LogP contribution in [0, 0.1) is 20.0 Å². The summed E-state index contributed by atoms with van der Waals surface area (Å²) >= 11 is 0. The number of H-pyrrole nitrogens is 1. The van der Waals surface area contributed by atoms with Gasteiger partial charge in [-0.2, -0.15) is 0 Å². The number of hydrogen-bond donors (Lipinski definition) is 5. The van der Waals surface area contributed by atoms with E-state index >= 15 is 0 Å². The summed E-state index contributed by atoms with van der Waals surface area (Å²) in [5, 5.41) is 0. The maximum absolute atomic E-state index is 11.8. The van der Waals surface area contributed by atoms with Crippen molar-refractivity contribution in [1.82, 2.24) is 9.55 Å². The zero-order valence-electron chi connectivity index (χ0n) is 12.5. The number of ether oxygens (including phenoxy) is 1. The van der Waals surface area contributed by atoms with E-state index in [4.69, 9.17) is 24.3 Å². The monoisotopic (exact) mass is 400 g/mol. The van der Waals surface area contributed by atoms with Crippen LogP contribution in [0.1, 0.15) is 11.8 Å². The minimum atomic E-state index is -4.99. The number of phosphoric ester groups is 2. The fourth-order valence-electron chi connectivity index (χ4n) is 1.99. The first-order valence-corrected chi connectivity index (χ1v) is 9.55. The summed E-state index contributed by atoms with van der Waals surface area (Å²) in [5.74, 6) is 0. The van der Waals surface area contributed by atoms with Gasteiger partial charge in [-0.1, -0.05) is 4.52 Å². The average Bonchev–Trinajstić information content (AvgIpc) is 2.80. The first-order valence-electron chi connectivity index (χ1n) is 6.49. The molecule has 0 unspecified atom stereocenters. The molecule has 0 amide bonds. The molecule has 140 valence electrons. The first-order chi connectivity index (χ1) is 11.4. The lowest BCUT2D eigenvalue weighted by atomic mass is 10.2. The van der Waals surface area contributed by atoms with Gasteiger partial charge < -0.3 is 33.4 Å². The third-order valence-corrected chi connectivity index (χ3v) is 3.90. The van der Waals surface area contributed by atoms with Crippen LogP contribution in [0.4, 0.5) is 0 Å². The number of hydrogen-bond acceptors (Lipinski definition) is 7. The van der Waals surface area contributed by atoms with E-state index in [1.807, 2.05) is 4.98 Å². The van der Waals surface area contributed by atoms with Gasteiger partial charge in [-0.3, -0.25) is 9.78 Å². The molecule has 1 aromatic rings. The molecule has 1 aliphatic heterocycles. The molecule has 0 radical (unpaired) electrons. The zero-order chi connectivity index (χ0) is 19.0. The van der Waals surface area contributed by atoms with Gasteiger partial charge in [-0.05, 0) is 6.92 Å². The minimum Gasteiger partial charge on any atom is -0.343 e. The molecule has 2 rings (SSSR count). The maximum atomic E-state index is 11.8. The van der Waals surface area contributed by atoms with E-state index in [0.29, 0.717) is 6.61 Å². The number of aromatic nitrogens is 2. The second-order valence-electron chi connectivity index (χ2n) is 4.96. The Labute approximate surface area is 139 Å². The average molecular weight is 400 g/mol. The molecule has 0 aliphatic carbocycles. The lowest BCUT2D eigenvalue weighted by molar-refractivity contribution is -0.0213. The molecule has 15 heteroatoms. The molecule has 13 nitrogen and oxygen atoms in total. The highest BCUT2D eigenvalue weighted by atomic mass is 31.2. The molecular formula is C10H14N2O11P2. The number of phosphoric acid groups is 2. The molecule has 0 saturated carbocycles. The van der Waals surface area contributed by atoms with Crippen molar-refractivity contribution in [1.29, 1.82) is 0 Å². The Hall–Kier alpha value is -1.27. The summed E-state index contributed by atoms with van der Waals surface area (Å²) in [5.41, 5.74) is -1.35. The third-order valence-electron chi connectivity index (χ3n) is 2.99. The van der Waals surface area contributed by atoms with E-state index < -0.39 is 45.3 Å². The van der Waals surface area contributed by atoms with Crippen LogP contribution in [0.5, 0.6) is 0 Å². The van der Waals surface area contributed by atoms with Gasteiger partial charge in [0.05, 0.1) is 0 Å². The van der Waals surface area contributed by atoms with Gasteiger partial charge >= 0.3 is 21.3 Å². The Bertz CT molecular complexity index is 836. The Balaban J connectivity index is 2.26. The second kappa shape index (κ2) is 7.16. The van der Waals surface area contributed by atoms with Gasteiger partial charge in [0.1, 0.15) is 0 Å². The van der Waals surface area contributed by atoms with Crippen LogP contribution in [0.2, 0.25) is 0 Å². The molecule has 1 aromatic heterocycles. The summed E-state index contributed by atoms with van der Waals surface area (Å²) in [6.45, 7) is 1.91. The Morgan fingerprint density at radius 2 is 1.92 bits per heavy atom. The van der Waals surface area contributed by atoms with Gasteiger partial charge in [0.15, 0.2) is 0 Å². The quantitative estimate of drug-likeness (QED) is 0.281. The molecule has 1 fully saturated rings. The van der Waals surface area contributed by atoms with E-state index in [1.54, 1.807) is 0 Å². The van der Waals surface area contributed by atoms with E-state index in [0.717, 1.165) is 17.2 Å². The highest BCUT2D eigenvalue weighted by Gasteiger charge is 2.41. The van der Waals surface area contributed by atoms with Crippen molar-refractivity contribution in [3.05, 3.63) is 45.6 Å². The molecule has 1 saturated heterocycles. The van der Waals surface area contributed by atoms with Crippen LogP contribution in [0.15, 0.2) is 15.8 Å². The first kappa shape index (κ1) is 20.0. The van der Waals surface area contributed by atoms with Gasteiger partial charge in [-0.15, -0.1) is 0 Å². The van der Waals surface area contributed by atoms with E-state index in [2.05, 4.69) is 9.05 Å². The smallest absolute Gasteiger partial charge is 0.343 e. The van der Waals surface area contributed by atoms with E-state index in [9.17, 15) is 18.7 Å². The third kappa shape index (κ3) is 5.61. The standard InChI is InChI=1S/C10H14N2O11P2/c1-5-3-12(10(14)11-9(5)13)8-2-6(23-25(18,19)20)7(22-8)4-21-24(15,16)17/h2-4,6-8H,1H3,(H,11,13,14)(H2,15,16,17)(H2,18,19,20)/t6-,7+,8+/m0/s1. The van der Waals surface area contributed by atoms with Crippen molar-refractivity contribution >= 4 is 15.6 Å².